The van der Waals surface area contributed by atoms with Crippen LogP contribution in [0.15, 0.2) is 35.5 Å². The summed E-state index contributed by atoms with van der Waals surface area (Å²) in [7, 11) is 0. The number of ether oxygens (including phenoxy) is 3. The molecule has 15 heteroatoms. The molecule has 0 bridgehead atoms. The lowest BCUT2D eigenvalue weighted by molar-refractivity contribution is -0.135. The van der Waals surface area contributed by atoms with Gasteiger partial charge in [0.25, 0.3) is 11.8 Å². The number of carbonyl (C=O) groups is 2. The molecule has 252 valence electrons. The minimum atomic E-state index is -4.51. The average Bonchev–Trinajstić information content (AvgIpc) is 2.97. The number of rotatable bonds is 14. The molecule has 0 radical (unpaired) electrons. The van der Waals surface area contributed by atoms with E-state index >= 15 is 0 Å². The maximum Gasteiger partial charge on any atom is 0.405 e. The van der Waals surface area contributed by atoms with Crippen LogP contribution < -0.4 is 20.1 Å². The number of hydrogen-bond acceptors (Lipinski definition) is 8. The minimum absolute atomic E-state index is 0.0162. The highest BCUT2D eigenvalue weighted by Crippen LogP contribution is 2.38. The summed E-state index contributed by atoms with van der Waals surface area (Å²) in [6, 6.07) is 5.68. The van der Waals surface area contributed by atoms with Crippen molar-refractivity contribution in [1.82, 2.24) is 20.5 Å². The van der Waals surface area contributed by atoms with Crippen molar-refractivity contribution in [2.75, 3.05) is 46.0 Å². The number of pyridine rings is 1. The van der Waals surface area contributed by atoms with E-state index in [2.05, 4.69) is 20.2 Å². The third kappa shape index (κ3) is 10.7. The average molecular weight is 689 g/mol. The van der Waals surface area contributed by atoms with Crippen molar-refractivity contribution in [3.05, 3.63) is 46.1 Å². The van der Waals surface area contributed by atoms with E-state index in [-0.39, 0.29) is 40.0 Å². The van der Waals surface area contributed by atoms with Crippen LogP contribution >= 0.6 is 23.2 Å². The Morgan fingerprint density at radius 3 is 2.50 bits per heavy atom. The van der Waals surface area contributed by atoms with Crippen molar-refractivity contribution in [3.8, 4) is 11.5 Å². The minimum Gasteiger partial charge on any atom is -0.491 e. The van der Waals surface area contributed by atoms with Crippen molar-refractivity contribution in [3.63, 3.8) is 0 Å². The van der Waals surface area contributed by atoms with Gasteiger partial charge in [0.1, 0.15) is 24.7 Å². The fourth-order valence-electron chi connectivity index (χ4n) is 4.82. The Bertz CT molecular complexity index is 1370. The number of benzene rings is 1. The van der Waals surface area contributed by atoms with E-state index in [1.807, 2.05) is 0 Å². The summed E-state index contributed by atoms with van der Waals surface area (Å²) in [5.74, 6) is -0.0375. The van der Waals surface area contributed by atoms with Gasteiger partial charge in [0.2, 0.25) is 0 Å². The predicted molar refractivity (Wildman–Crippen MR) is 169 cm³/mol. The van der Waals surface area contributed by atoms with Crippen LogP contribution in [0.2, 0.25) is 10.0 Å². The smallest absolute Gasteiger partial charge is 0.405 e. The van der Waals surface area contributed by atoms with E-state index in [0.717, 1.165) is 38.5 Å². The van der Waals surface area contributed by atoms with Gasteiger partial charge in [0, 0.05) is 50.6 Å². The number of aliphatic imine (C=N–C) groups is 1. The van der Waals surface area contributed by atoms with Gasteiger partial charge in [-0.05, 0) is 50.8 Å². The molecule has 2 aliphatic rings. The summed E-state index contributed by atoms with van der Waals surface area (Å²) in [4.78, 5) is 36.0. The quantitative estimate of drug-likeness (QED) is 0.248. The Morgan fingerprint density at radius 2 is 1.87 bits per heavy atom. The summed E-state index contributed by atoms with van der Waals surface area (Å²) in [6.07, 6.45) is 1.65. The van der Waals surface area contributed by atoms with Gasteiger partial charge < -0.3 is 24.8 Å². The summed E-state index contributed by atoms with van der Waals surface area (Å²) >= 11 is 12.8. The number of morpholine rings is 1. The van der Waals surface area contributed by atoms with Gasteiger partial charge in [-0.2, -0.15) is 13.2 Å². The number of nitrogens with zero attached hydrogens (tertiary/aromatic N) is 3. The second kappa shape index (κ2) is 16.1. The number of halogens is 5. The summed E-state index contributed by atoms with van der Waals surface area (Å²) < 4.78 is 54.5. The van der Waals surface area contributed by atoms with E-state index < -0.39 is 24.2 Å². The fourth-order valence-corrected chi connectivity index (χ4v) is 5.30. The second-order valence-corrected chi connectivity index (χ2v) is 12.5. The monoisotopic (exact) mass is 687 g/mol. The number of alkyl halides is 3. The zero-order chi connectivity index (χ0) is 33.3. The van der Waals surface area contributed by atoms with Crippen LogP contribution in [0.4, 0.5) is 19.0 Å². The normalized spacial score (nSPS) is 16.9. The summed E-state index contributed by atoms with van der Waals surface area (Å²) in [5, 5.41) is 5.47. The van der Waals surface area contributed by atoms with Gasteiger partial charge in [0.15, 0.2) is 11.4 Å². The van der Waals surface area contributed by atoms with Crippen LogP contribution in [0, 0.1) is 5.92 Å². The lowest BCUT2D eigenvalue weighted by Gasteiger charge is -2.36. The van der Waals surface area contributed by atoms with Gasteiger partial charge in [-0.25, -0.2) is 9.98 Å². The van der Waals surface area contributed by atoms with E-state index in [1.165, 1.54) is 18.2 Å². The molecule has 1 unspecified atom stereocenters. The van der Waals surface area contributed by atoms with Gasteiger partial charge in [-0.15, -0.1) is 0 Å². The molecule has 1 aliphatic carbocycles. The molecular weight excluding hydrogens is 650 g/mol. The van der Waals surface area contributed by atoms with Gasteiger partial charge in [-0.1, -0.05) is 29.6 Å². The Kier molecular flexibility index (Phi) is 12.5. The van der Waals surface area contributed by atoms with Crippen molar-refractivity contribution in [1.29, 1.82) is 0 Å². The Balaban J connectivity index is 1.33. The predicted octanol–water partition coefficient (Wildman–Crippen LogP) is 5.63. The maximum absolute atomic E-state index is 13.5. The van der Waals surface area contributed by atoms with Crippen LogP contribution in [-0.2, 0) is 9.53 Å². The number of aromatic nitrogens is 1. The van der Waals surface area contributed by atoms with E-state index in [9.17, 15) is 22.8 Å². The van der Waals surface area contributed by atoms with Crippen molar-refractivity contribution in [2.24, 2.45) is 10.9 Å². The zero-order valence-corrected chi connectivity index (χ0v) is 27.2. The van der Waals surface area contributed by atoms with E-state index in [0.29, 0.717) is 43.6 Å². The first-order valence-corrected chi connectivity index (χ1v) is 15.8. The molecule has 2 fully saturated rings. The Labute approximate surface area is 276 Å². The van der Waals surface area contributed by atoms with Crippen molar-refractivity contribution in [2.45, 2.75) is 57.3 Å². The Morgan fingerprint density at radius 1 is 1.15 bits per heavy atom. The molecule has 0 spiro atoms. The summed E-state index contributed by atoms with van der Waals surface area (Å²) in [6.45, 7) is 6.04. The van der Waals surface area contributed by atoms with Crippen molar-refractivity contribution >= 4 is 47.0 Å². The molecule has 46 heavy (non-hydrogen) atoms. The maximum atomic E-state index is 13.5. The van der Waals surface area contributed by atoms with Crippen LogP contribution in [0.1, 0.15) is 49.9 Å². The highest BCUT2D eigenvalue weighted by atomic mass is 35.5. The van der Waals surface area contributed by atoms with Crippen molar-refractivity contribution < 1.29 is 37.0 Å². The third-order valence-electron chi connectivity index (χ3n) is 7.74. The SMILES string of the molecule is CC(C)(Oc1cc(OCCN2CCOCC2)c(Cl)cc1Cl)C(=O)NC(CC=Nc1ccc(C(=O)NCC(F)(F)F)cn1)C1CCC1. The largest absolute Gasteiger partial charge is 0.491 e. The lowest BCUT2D eigenvalue weighted by Crippen LogP contribution is -2.53. The topological polar surface area (TPSA) is 114 Å². The van der Waals surface area contributed by atoms with Crippen LogP contribution in [0.3, 0.4) is 0 Å². The highest BCUT2D eigenvalue weighted by molar-refractivity contribution is 6.36. The standard InChI is InChI=1S/C31H38Cl2F3N5O5/c1-30(2,46-26-17-25(22(32)16-23(26)33)45-15-12-41-10-13-44-14-11-41)29(43)40-24(20-4-3-5-20)8-9-37-27-7-6-21(18-38-27)28(42)39-19-31(34,35)36/h6-7,9,16-18,20,24H,3-5,8,10-15,19H2,1-2H3,(H,39,42)(H,40,43). The molecule has 1 saturated carbocycles. The Hall–Kier alpha value is -3.13. The molecule has 1 saturated heterocycles. The number of carbonyl (C=O) groups excluding carboxylic acids is 2. The molecule has 10 nitrogen and oxygen atoms in total. The highest BCUT2D eigenvalue weighted by Gasteiger charge is 2.36. The molecule has 1 aromatic heterocycles. The molecule has 2 aromatic rings. The van der Waals surface area contributed by atoms with Crippen LogP contribution in [0.5, 0.6) is 11.5 Å². The number of amides is 2. The van der Waals surface area contributed by atoms with Crippen LogP contribution in [0.25, 0.3) is 0 Å². The molecule has 1 aromatic carbocycles. The molecule has 2 amide bonds. The molecule has 2 heterocycles. The molecular formula is C31H38Cl2F3N5O5. The molecule has 1 atom stereocenters. The van der Waals surface area contributed by atoms with Crippen LogP contribution in [-0.4, -0.2) is 91.7 Å². The first-order valence-electron chi connectivity index (χ1n) is 15.1. The third-order valence-corrected chi connectivity index (χ3v) is 8.34. The first-order chi connectivity index (χ1) is 21.8. The molecule has 1 aliphatic heterocycles. The van der Waals surface area contributed by atoms with E-state index in [4.69, 9.17) is 37.4 Å². The summed E-state index contributed by atoms with van der Waals surface area (Å²) in [5.41, 5.74) is -1.32. The first kappa shape index (κ1) is 35.7. The van der Waals surface area contributed by atoms with E-state index in [1.54, 1.807) is 31.4 Å². The molecule has 4 rings (SSSR count). The number of nitrogens with one attached hydrogen (secondary N) is 2. The fraction of sp³-hybridized carbons (Fsp3) is 0.548. The van der Waals surface area contributed by atoms with Gasteiger partial charge in [0.05, 0.1) is 28.8 Å². The lowest BCUT2D eigenvalue weighted by atomic mass is 9.78. The van der Waals surface area contributed by atoms with Gasteiger partial charge in [-0.3, -0.25) is 14.5 Å². The second-order valence-electron chi connectivity index (χ2n) is 11.6. The molecule has 2 N–H and O–H groups in total. The zero-order valence-electron chi connectivity index (χ0n) is 25.7. The van der Waals surface area contributed by atoms with Gasteiger partial charge >= 0.3 is 6.18 Å². The number of hydrogen-bond donors (Lipinski definition) is 2.